The molecule has 1 heterocycles. The lowest BCUT2D eigenvalue weighted by Crippen LogP contribution is -2.14. The summed E-state index contributed by atoms with van der Waals surface area (Å²) in [6, 6.07) is 2.40. The largest absolute Gasteiger partial charge is 0.364 e. The van der Waals surface area contributed by atoms with Crippen molar-refractivity contribution in [3.05, 3.63) is 21.8 Å². The van der Waals surface area contributed by atoms with Gasteiger partial charge in [-0.05, 0) is 28.4 Å². The predicted molar refractivity (Wildman–Crippen MR) is 57.0 cm³/mol. The van der Waals surface area contributed by atoms with Crippen molar-refractivity contribution < 1.29 is 0 Å². The predicted octanol–water partition coefficient (Wildman–Crippen LogP) is 2.01. The zero-order valence-corrected chi connectivity index (χ0v) is 9.14. The van der Waals surface area contributed by atoms with E-state index in [2.05, 4.69) is 26.2 Å². The van der Waals surface area contributed by atoms with Gasteiger partial charge in [0.15, 0.2) is 0 Å². The van der Waals surface area contributed by atoms with E-state index in [-0.39, 0.29) is 6.04 Å². The van der Waals surface area contributed by atoms with Crippen molar-refractivity contribution in [1.82, 2.24) is 4.98 Å². The second-order valence-corrected chi connectivity index (χ2v) is 4.46. The molecular formula is C8H9BrClN3. The molecule has 1 saturated carbocycles. The summed E-state index contributed by atoms with van der Waals surface area (Å²) in [5.41, 5.74) is 5.65. The first-order valence-corrected chi connectivity index (χ1v) is 5.17. The Morgan fingerprint density at radius 3 is 2.92 bits per heavy atom. The molecule has 3 N–H and O–H groups in total. The minimum absolute atomic E-state index is 0.251. The third-order valence-electron chi connectivity index (χ3n) is 1.97. The molecule has 2 atom stereocenters. The average molecular weight is 263 g/mol. The Hall–Kier alpha value is -0.320. The first-order valence-electron chi connectivity index (χ1n) is 4.00. The monoisotopic (exact) mass is 261 g/mol. The molecule has 13 heavy (non-hydrogen) atoms. The summed E-state index contributed by atoms with van der Waals surface area (Å²) in [4.78, 5) is 4.15. The van der Waals surface area contributed by atoms with Gasteiger partial charge < -0.3 is 11.1 Å². The zero-order valence-electron chi connectivity index (χ0n) is 6.80. The summed E-state index contributed by atoms with van der Waals surface area (Å²) in [5.74, 6) is 0.711. The van der Waals surface area contributed by atoms with Crippen LogP contribution in [0.15, 0.2) is 16.7 Å². The smallest absolute Gasteiger partial charge is 0.145 e. The van der Waals surface area contributed by atoms with Gasteiger partial charge in [-0.15, -0.1) is 0 Å². The highest BCUT2D eigenvalue weighted by molar-refractivity contribution is 9.10. The van der Waals surface area contributed by atoms with Gasteiger partial charge in [0.1, 0.15) is 5.82 Å². The van der Waals surface area contributed by atoms with Crippen molar-refractivity contribution >= 4 is 33.3 Å². The molecule has 2 unspecified atom stereocenters. The van der Waals surface area contributed by atoms with Gasteiger partial charge in [0, 0.05) is 22.8 Å². The molecule has 0 amide bonds. The molecule has 2 rings (SSSR count). The third kappa shape index (κ3) is 2.13. The Bertz CT molecular complexity index is 331. The quantitative estimate of drug-likeness (QED) is 0.857. The number of pyridine rings is 1. The van der Waals surface area contributed by atoms with Crippen LogP contribution in [-0.2, 0) is 0 Å². The fraction of sp³-hybridized carbons (Fsp3) is 0.375. The van der Waals surface area contributed by atoms with Crippen LogP contribution in [0, 0.1) is 0 Å². The number of aromatic nitrogens is 1. The summed E-state index contributed by atoms with van der Waals surface area (Å²) in [5, 5.41) is 3.79. The van der Waals surface area contributed by atoms with E-state index >= 15 is 0 Å². The van der Waals surface area contributed by atoms with Crippen LogP contribution in [0.4, 0.5) is 5.82 Å². The van der Waals surface area contributed by atoms with Gasteiger partial charge in [-0.2, -0.15) is 0 Å². The van der Waals surface area contributed by atoms with Crippen molar-refractivity contribution in [2.24, 2.45) is 5.73 Å². The number of nitrogens with two attached hydrogens (primary N) is 1. The van der Waals surface area contributed by atoms with Crippen molar-refractivity contribution in [2.75, 3.05) is 5.32 Å². The van der Waals surface area contributed by atoms with Gasteiger partial charge >= 0.3 is 0 Å². The standard InChI is InChI=1S/C8H9BrClN3/c9-4-1-5(10)8(12-3-4)13-7-2-6(7)11/h1,3,6-7H,2,11H2,(H,12,13). The first-order chi connectivity index (χ1) is 6.16. The summed E-state index contributed by atoms with van der Waals surface area (Å²) < 4.78 is 0.878. The van der Waals surface area contributed by atoms with E-state index in [4.69, 9.17) is 17.3 Å². The first kappa shape index (κ1) is 9.24. The molecular weight excluding hydrogens is 253 g/mol. The highest BCUT2D eigenvalue weighted by atomic mass is 79.9. The fourth-order valence-corrected chi connectivity index (χ4v) is 1.76. The number of hydrogen-bond donors (Lipinski definition) is 2. The maximum atomic E-state index is 5.95. The molecule has 70 valence electrons. The number of hydrogen-bond acceptors (Lipinski definition) is 3. The normalized spacial score (nSPS) is 25.8. The van der Waals surface area contributed by atoms with Crippen LogP contribution < -0.4 is 11.1 Å². The van der Waals surface area contributed by atoms with Gasteiger partial charge in [-0.3, -0.25) is 0 Å². The van der Waals surface area contributed by atoms with Gasteiger partial charge in [0.2, 0.25) is 0 Å². The summed E-state index contributed by atoms with van der Waals surface area (Å²) in [6.07, 6.45) is 2.70. The summed E-state index contributed by atoms with van der Waals surface area (Å²) >= 11 is 9.24. The Kier molecular flexibility index (Phi) is 2.45. The topological polar surface area (TPSA) is 50.9 Å². The molecule has 0 saturated heterocycles. The number of halogens is 2. The van der Waals surface area contributed by atoms with Crippen LogP contribution >= 0.6 is 27.5 Å². The lowest BCUT2D eigenvalue weighted by molar-refractivity contribution is 0.996. The van der Waals surface area contributed by atoms with Crippen LogP contribution in [-0.4, -0.2) is 17.1 Å². The van der Waals surface area contributed by atoms with E-state index < -0.39 is 0 Å². The SMILES string of the molecule is NC1CC1Nc1ncc(Br)cc1Cl. The maximum absolute atomic E-state index is 5.95. The van der Waals surface area contributed by atoms with E-state index in [9.17, 15) is 0 Å². The minimum atomic E-state index is 0.251. The highest BCUT2D eigenvalue weighted by Gasteiger charge is 2.33. The van der Waals surface area contributed by atoms with Crippen LogP contribution in [0.2, 0.25) is 5.02 Å². The van der Waals surface area contributed by atoms with Crippen LogP contribution in [0.1, 0.15) is 6.42 Å². The van der Waals surface area contributed by atoms with Crippen molar-refractivity contribution in [2.45, 2.75) is 18.5 Å². The zero-order chi connectivity index (χ0) is 9.42. The highest BCUT2D eigenvalue weighted by Crippen LogP contribution is 2.28. The third-order valence-corrected chi connectivity index (χ3v) is 2.69. The second-order valence-electron chi connectivity index (χ2n) is 3.13. The number of rotatable bonds is 2. The second kappa shape index (κ2) is 3.44. The van der Waals surface area contributed by atoms with E-state index in [0.29, 0.717) is 16.9 Å². The molecule has 1 fully saturated rings. The molecule has 0 aliphatic heterocycles. The minimum Gasteiger partial charge on any atom is -0.364 e. The van der Waals surface area contributed by atoms with Crippen molar-refractivity contribution in [3.63, 3.8) is 0 Å². The van der Waals surface area contributed by atoms with Crippen LogP contribution in [0.5, 0.6) is 0 Å². The van der Waals surface area contributed by atoms with Crippen molar-refractivity contribution in [1.29, 1.82) is 0 Å². The molecule has 1 aromatic rings. The van der Waals surface area contributed by atoms with E-state index in [1.807, 2.05) is 6.07 Å². The average Bonchev–Trinajstić information content (AvgIpc) is 2.73. The Labute approximate surface area is 89.8 Å². The Balaban J connectivity index is 2.11. The molecule has 1 aliphatic carbocycles. The molecule has 0 bridgehead atoms. The Morgan fingerprint density at radius 1 is 1.69 bits per heavy atom. The van der Waals surface area contributed by atoms with E-state index in [1.54, 1.807) is 6.20 Å². The Morgan fingerprint density at radius 2 is 2.38 bits per heavy atom. The van der Waals surface area contributed by atoms with Crippen LogP contribution in [0.25, 0.3) is 0 Å². The van der Waals surface area contributed by atoms with Gasteiger partial charge in [-0.25, -0.2) is 4.98 Å². The molecule has 1 aromatic heterocycles. The molecule has 0 radical (unpaired) electrons. The maximum Gasteiger partial charge on any atom is 0.145 e. The lowest BCUT2D eigenvalue weighted by Gasteiger charge is -2.05. The number of anilines is 1. The number of nitrogens with one attached hydrogen (secondary N) is 1. The summed E-state index contributed by atoms with van der Waals surface area (Å²) in [6.45, 7) is 0. The summed E-state index contributed by atoms with van der Waals surface area (Å²) in [7, 11) is 0. The van der Waals surface area contributed by atoms with Crippen molar-refractivity contribution in [3.8, 4) is 0 Å². The van der Waals surface area contributed by atoms with E-state index in [1.165, 1.54) is 0 Å². The molecule has 5 heteroatoms. The molecule has 3 nitrogen and oxygen atoms in total. The van der Waals surface area contributed by atoms with Crippen LogP contribution in [0.3, 0.4) is 0 Å². The fourth-order valence-electron chi connectivity index (χ4n) is 1.08. The van der Waals surface area contributed by atoms with Gasteiger partial charge in [-0.1, -0.05) is 11.6 Å². The number of nitrogens with zero attached hydrogens (tertiary/aromatic N) is 1. The van der Waals surface area contributed by atoms with E-state index in [0.717, 1.165) is 10.9 Å². The molecule has 0 spiro atoms. The molecule has 0 aromatic carbocycles. The molecule has 1 aliphatic rings. The lowest BCUT2D eigenvalue weighted by atomic mass is 10.4. The van der Waals surface area contributed by atoms with Gasteiger partial charge in [0.25, 0.3) is 0 Å². The van der Waals surface area contributed by atoms with Gasteiger partial charge in [0.05, 0.1) is 5.02 Å².